The lowest BCUT2D eigenvalue weighted by Gasteiger charge is -2.04. The molecule has 2 aromatic rings. The third kappa shape index (κ3) is 2.42. The fourth-order valence-corrected chi connectivity index (χ4v) is 1.75. The number of hydrogen-bond acceptors (Lipinski definition) is 5. The number of aromatic nitrogens is 2. The minimum atomic E-state index is -1.11. The van der Waals surface area contributed by atoms with Gasteiger partial charge in [-0.1, -0.05) is 0 Å². The molecule has 98 valence electrons. The number of anilines is 1. The number of nitrogens with one attached hydrogen (secondary N) is 1. The molecule has 0 aliphatic carbocycles. The monoisotopic (exact) mass is 260 g/mol. The maximum Gasteiger partial charge on any atom is 0.371 e. The lowest BCUT2D eigenvalue weighted by molar-refractivity contribution is 0.0660. The van der Waals surface area contributed by atoms with Gasteiger partial charge in [0.15, 0.2) is 0 Å². The predicted molar refractivity (Wildman–Crippen MR) is 65.7 cm³/mol. The van der Waals surface area contributed by atoms with E-state index >= 15 is 0 Å². The Morgan fingerprint density at radius 2 is 2.37 bits per heavy atom. The number of carbonyl (C=O) groups is 1. The number of hydrogen-bond donors (Lipinski definition) is 2. The normalized spacial score (nSPS) is 10.2. The van der Waals surface area contributed by atoms with Crippen LogP contribution in [0.5, 0.6) is 0 Å². The number of furan rings is 1. The molecule has 7 heteroatoms. The fourth-order valence-electron chi connectivity index (χ4n) is 1.75. The molecule has 0 aromatic carbocycles. The van der Waals surface area contributed by atoms with Crippen LogP contribution in [0.25, 0.3) is 0 Å². The van der Waals surface area contributed by atoms with Crippen LogP contribution in [0.2, 0.25) is 0 Å². The maximum atomic E-state index is 10.7. The Morgan fingerprint density at radius 3 is 2.95 bits per heavy atom. The summed E-state index contributed by atoms with van der Waals surface area (Å²) in [4.78, 5) is 10.7. The lowest BCUT2D eigenvalue weighted by atomic mass is 10.2. The van der Waals surface area contributed by atoms with Crippen molar-refractivity contribution in [3.05, 3.63) is 34.9 Å². The molecule has 0 atom stereocenters. The third-order valence-corrected chi connectivity index (χ3v) is 2.64. The summed E-state index contributed by atoms with van der Waals surface area (Å²) in [6, 6.07) is 5.04. The summed E-state index contributed by atoms with van der Waals surface area (Å²) in [5, 5.41) is 24.9. The molecule has 7 nitrogen and oxygen atoms in total. The van der Waals surface area contributed by atoms with Crippen LogP contribution in [0, 0.1) is 18.3 Å². The molecule has 2 rings (SSSR count). The van der Waals surface area contributed by atoms with E-state index in [4.69, 9.17) is 14.8 Å². The number of aryl methyl sites for hydroxylation is 2. The van der Waals surface area contributed by atoms with Gasteiger partial charge in [0.2, 0.25) is 5.76 Å². The van der Waals surface area contributed by atoms with Crippen LogP contribution in [-0.2, 0) is 13.6 Å². The highest BCUT2D eigenvalue weighted by molar-refractivity contribution is 5.84. The molecule has 0 amide bonds. The summed E-state index contributed by atoms with van der Waals surface area (Å²) >= 11 is 0. The first-order valence-electron chi connectivity index (χ1n) is 5.52. The number of rotatable bonds is 4. The summed E-state index contributed by atoms with van der Waals surface area (Å²) in [5.74, 6) is -0.174. The third-order valence-electron chi connectivity index (χ3n) is 2.64. The zero-order chi connectivity index (χ0) is 14.0. The second-order valence-electron chi connectivity index (χ2n) is 3.97. The summed E-state index contributed by atoms with van der Waals surface area (Å²) < 4.78 is 6.68. The van der Waals surface area contributed by atoms with Gasteiger partial charge in [-0.15, -0.1) is 0 Å². The molecule has 0 fully saturated rings. The Kier molecular flexibility index (Phi) is 3.25. The Balaban J connectivity index is 2.14. The Labute approximate surface area is 109 Å². The van der Waals surface area contributed by atoms with E-state index in [2.05, 4.69) is 16.5 Å². The molecule has 0 saturated heterocycles. The quantitative estimate of drug-likeness (QED) is 0.863. The number of carboxylic acids is 1. The molecule has 0 radical (unpaired) electrons. The van der Waals surface area contributed by atoms with Crippen LogP contribution in [0.3, 0.4) is 0 Å². The van der Waals surface area contributed by atoms with Crippen LogP contribution in [0.15, 0.2) is 16.5 Å². The first kappa shape index (κ1) is 12.7. The highest BCUT2D eigenvalue weighted by Gasteiger charge is 2.14. The van der Waals surface area contributed by atoms with Gasteiger partial charge in [-0.05, 0) is 19.1 Å². The van der Waals surface area contributed by atoms with Gasteiger partial charge >= 0.3 is 5.97 Å². The van der Waals surface area contributed by atoms with Crippen molar-refractivity contribution in [1.29, 1.82) is 5.26 Å². The van der Waals surface area contributed by atoms with Crippen molar-refractivity contribution in [2.75, 3.05) is 5.32 Å². The molecule has 0 aliphatic heterocycles. The highest BCUT2D eigenvalue weighted by Crippen LogP contribution is 2.18. The van der Waals surface area contributed by atoms with Gasteiger partial charge in [0.25, 0.3) is 0 Å². The van der Waals surface area contributed by atoms with Crippen molar-refractivity contribution in [2.24, 2.45) is 7.05 Å². The van der Waals surface area contributed by atoms with Gasteiger partial charge in [-0.25, -0.2) is 4.79 Å². The summed E-state index contributed by atoms with van der Waals surface area (Å²) in [7, 11) is 1.72. The second kappa shape index (κ2) is 4.86. The smallest absolute Gasteiger partial charge is 0.371 e. The lowest BCUT2D eigenvalue weighted by Crippen LogP contribution is -2.05. The van der Waals surface area contributed by atoms with Crippen LogP contribution < -0.4 is 5.32 Å². The number of carboxylic acid groups (broad SMARTS) is 1. The van der Waals surface area contributed by atoms with Crippen molar-refractivity contribution < 1.29 is 14.3 Å². The van der Waals surface area contributed by atoms with Crippen molar-refractivity contribution in [3.8, 4) is 6.07 Å². The first-order chi connectivity index (χ1) is 9.02. The maximum absolute atomic E-state index is 10.7. The Morgan fingerprint density at radius 1 is 1.63 bits per heavy atom. The Hall–Kier alpha value is -2.75. The largest absolute Gasteiger partial charge is 0.475 e. The molecule has 0 bridgehead atoms. The minimum absolute atomic E-state index is 0.113. The molecular weight excluding hydrogens is 248 g/mol. The molecule has 2 heterocycles. The molecule has 0 saturated carbocycles. The average Bonchev–Trinajstić information content (AvgIpc) is 2.91. The van der Waals surface area contributed by atoms with Crippen molar-refractivity contribution in [2.45, 2.75) is 13.5 Å². The van der Waals surface area contributed by atoms with E-state index in [1.165, 1.54) is 6.07 Å². The van der Waals surface area contributed by atoms with Crippen LogP contribution >= 0.6 is 0 Å². The highest BCUT2D eigenvalue weighted by atomic mass is 16.4. The van der Waals surface area contributed by atoms with Gasteiger partial charge in [-0.3, -0.25) is 4.68 Å². The zero-order valence-corrected chi connectivity index (χ0v) is 10.5. The molecule has 0 spiro atoms. The van der Waals surface area contributed by atoms with Gasteiger partial charge < -0.3 is 14.8 Å². The van der Waals surface area contributed by atoms with Gasteiger partial charge in [0, 0.05) is 7.05 Å². The second-order valence-corrected chi connectivity index (χ2v) is 3.97. The van der Waals surface area contributed by atoms with E-state index < -0.39 is 5.97 Å². The topological polar surface area (TPSA) is 104 Å². The summed E-state index contributed by atoms with van der Waals surface area (Å²) in [6.07, 6.45) is 0. The molecular formula is C12H12N4O3. The van der Waals surface area contributed by atoms with E-state index in [1.54, 1.807) is 24.7 Å². The van der Waals surface area contributed by atoms with Crippen LogP contribution in [-0.4, -0.2) is 20.9 Å². The molecule has 19 heavy (non-hydrogen) atoms. The SMILES string of the molecule is Cc1nn(C)c(NCc2ccc(C(=O)O)o2)c1C#N. The van der Waals surface area contributed by atoms with Crippen molar-refractivity contribution in [1.82, 2.24) is 9.78 Å². The van der Waals surface area contributed by atoms with E-state index in [0.717, 1.165) is 0 Å². The number of nitriles is 1. The van der Waals surface area contributed by atoms with E-state index in [0.29, 0.717) is 22.8 Å². The first-order valence-corrected chi connectivity index (χ1v) is 5.52. The predicted octanol–water partition coefficient (Wildman–Crippen LogP) is 1.50. The molecule has 0 aliphatic rings. The van der Waals surface area contributed by atoms with Gasteiger partial charge in [0.05, 0.1) is 12.2 Å². The van der Waals surface area contributed by atoms with E-state index in [-0.39, 0.29) is 12.3 Å². The number of aromatic carboxylic acids is 1. The number of nitrogens with zero attached hydrogens (tertiary/aromatic N) is 3. The van der Waals surface area contributed by atoms with Gasteiger partial charge in [0.1, 0.15) is 23.2 Å². The fraction of sp³-hybridized carbons (Fsp3) is 0.250. The molecule has 2 aromatic heterocycles. The van der Waals surface area contributed by atoms with E-state index in [9.17, 15) is 4.79 Å². The molecule has 2 N–H and O–H groups in total. The van der Waals surface area contributed by atoms with Crippen LogP contribution in [0.4, 0.5) is 5.82 Å². The van der Waals surface area contributed by atoms with Gasteiger partial charge in [-0.2, -0.15) is 10.4 Å². The minimum Gasteiger partial charge on any atom is -0.475 e. The van der Waals surface area contributed by atoms with Crippen LogP contribution in [0.1, 0.15) is 27.6 Å². The summed E-state index contributed by atoms with van der Waals surface area (Å²) in [6.45, 7) is 2.03. The standard InChI is InChI=1S/C12H12N4O3/c1-7-9(5-13)11(16(2)15-7)14-6-8-3-4-10(19-8)12(17)18/h3-4,14H,6H2,1-2H3,(H,17,18). The van der Waals surface area contributed by atoms with E-state index in [1.807, 2.05) is 0 Å². The zero-order valence-electron chi connectivity index (χ0n) is 10.5. The average molecular weight is 260 g/mol. The van der Waals surface area contributed by atoms with Crippen molar-refractivity contribution >= 4 is 11.8 Å². The summed E-state index contributed by atoms with van der Waals surface area (Å²) in [5.41, 5.74) is 1.10. The Bertz CT molecular complexity index is 663. The van der Waals surface area contributed by atoms with Crippen molar-refractivity contribution in [3.63, 3.8) is 0 Å². The molecule has 0 unspecified atom stereocenters.